The molecule has 0 unspecified atom stereocenters. The van der Waals surface area contributed by atoms with Gasteiger partial charge in [-0.3, -0.25) is 9.59 Å². The van der Waals surface area contributed by atoms with Crippen LogP contribution in [0.3, 0.4) is 0 Å². The number of phenols is 1. The van der Waals surface area contributed by atoms with Gasteiger partial charge in [0, 0.05) is 22.5 Å². The highest BCUT2D eigenvalue weighted by Crippen LogP contribution is 2.41. The van der Waals surface area contributed by atoms with Crippen LogP contribution in [0.5, 0.6) is 11.5 Å². The molecule has 2 amide bonds. The summed E-state index contributed by atoms with van der Waals surface area (Å²) in [6.07, 6.45) is 1.40. The summed E-state index contributed by atoms with van der Waals surface area (Å²) in [5, 5.41) is 16.7. The predicted octanol–water partition coefficient (Wildman–Crippen LogP) is 2.91. The van der Waals surface area contributed by atoms with E-state index in [4.69, 9.17) is 4.74 Å². The molecular formula is C19H17Br2N3O4. The lowest BCUT2D eigenvalue weighted by Gasteiger charge is -2.15. The Hall–Kier alpha value is -2.39. The number of hydrogen-bond acceptors (Lipinski definition) is 5. The number of aromatic hydroxyl groups is 1. The summed E-state index contributed by atoms with van der Waals surface area (Å²) < 4.78 is 6.05. The number of nitrogens with zero attached hydrogens (tertiary/aromatic N) is 1. The normalized spacial score (nSPS) is 18.9. The molecule has 1 heterocycles. The van der Waals surface area contributed by atoms with Crippen LogP contribution < -0.4 is 15.5 Å². The number of halogens is 2. The number of amides is 2. The predicted molar refractivity (Wildman–Crippen MR) is 111 cm³/mol. The maximum absolute atomic E-state index is 12.6. The van der Waals surface area contributed by atoms with Crippen molar-refractivity contribution >= 4 is 49.9 Å². The van der Waals surface area contributed by atoms with Crippen LogP contribution in [0.1, 0.15) is 17.0 Å². The van der Waals surface area contributed by atoms with E-state index < -0.39 is 11.8 Å². The van der Waals surface area contributed by atoms with E-state index in [1.54, 1.807) is 6.07 Å². The van der Waals surface area contributed by atoms with Gasteiger partial charge in [0.25, 0.3) is 5.91 Å². The fourth-order valence-corrected chi connectivity index (χ4v) is 3.86. The maximum Gasteiger partial charge on any atom is 0.253 e. The third-order valence-corrected chi connectivity index (χ3v) is 6.62. The molecule has 1 aliphatic rings. The first-order chi connectivity index (χ1) is 13.4. The lowest BCUT2D eigenvalue weighted by Crippen LogP contribution is -2.34. The largest absolute Gasteiger partial charge is 0.503 e. The molecule has 0 aliphatic carbocycles. The molecule has 0 saturated carbocycles. The maximum atomic E-state index is 12.6. The van der Waals surface area contributed by atoms with E-state index >= 15 is 0 Å². The van der Waals surface area contributed by atoms with Crippen molar-refractivity contribution in [2.24, 2.45) is 11.0 Å². The Morgan fingerprint density at radius 3 is 2.71 bits per heavy atom. The molecule has 9 heteroatoms. The Kier molecular flexibility index (Phi) is 6.35. The Morgan fingerprint density at radius 1 is 1.32 bits per heavy atom. The summed E-state index contributed by atoms with van der Waals surface area (Å²) in [6, 6.07) is 11.0. The number of carbonyl (C=O) groups is 2. The number of ether oxygens (including phenoxy) is 1. The molecule has 0 radical (unpaired) electrons. The van der Waals surface area contributed by atoms with Crippen LogP contribution in [0.25, 0.3) is 0 Å². The van der Waals surface area contributed by atoms with Crippen molar-refractivity contribution < 1.29 is 19.4 Å². The van der Waals surface area contributed by atoms with E-state index in [1.165, 1.54) is 13.3 Å². The average Bonchev–Trinajstić information content (AvgIpc) is 3.10. The highest BCUT2D eigenvalue weighted by Gasteiger charge is 2.40. The molecule has 7 nitrogen and oxygen atoms in total. The van der Waals surface area contributed by atoms with Crippen LogP contribution in [0.2, 0.25) is 0 Å². The van der Waals surface area contributed by atoms with Gasteiger partial charge >= 0.3 is 0 Å². The van der Waals surface area contributed by atoms with Crippen LogP contribution in [0.4, 0.5) is 0 Å². The second kappa shape index (κ2) is 8.74. The smallest absolute Gasteiger partial charge is 0.253 e. The summed E-state index contributed by atoms with van der Waals surface area (Å²) in [5.74, 6) is -1.72. The molecule has 1 aliphatic heterocycles. The van der Waals surface area contributed by atoms with E-state index in [0.29, 0.717) is 21.1 Å². The summed E-state index contributed by atoms with van der Waals surface area (Å²) in [6.45, 7) is 0.401. The van der Waals surface area contributed by atoms with Gasteiger partial charge in [0.1, 0.15) is 5.92 Å². The van der Waals surface area contributed by atoms with Gasteiger partial charge in [0.15, 0.2) is 11.5 Å². The van der Waals surface area contributed by atoms with Gasteiger partial charge in [-0.2, -0.15) is 5.10 Å². The molecule has 0 bridgehead atoms. The monoisotopic (exact) mass is 509 g/mol. The van der Waals surface area contributed by atoms with Crippen LogP contribution in [-0.4, -0.2) is 36.8 Å². The van der Waals surface area contributed by atoms with Crippen LogP contribution in [0.15, 0.2) is 50.4 Å². The number of rotatable bonds is 5. The fraction of sp³-hybridized carbons (Fsp3) is 0.211. The van der Waals surface area contributed by atoms with Crippen molar-refractivity contribution in [2.75, 3.05) is 13.7 Å². The zero-order valence-electron chi connectivity index (χ0n) is 14.8. The lowest BCUT2D eigenvalue weighted by molar-refractivity contribution is -0.133. The highest BCUT2D eigenvalue weighted by atomic mass is 79.9. The van der Waals surface area contributed by atoms with Crippen LogP contribution in [-0.2, 0) is 9.59 Å². The summed E-state index contributed by atoms with van der Waals surface area (Å²) in [7, 11) is 1.43. The molecule has 1 fully saturated rings. The highest BCUT2D eigenvalue weighted by molar-refractivity contribution is 9.13. The van der Waals surface area contributed by atoms with Crippen LogP contribution >= 0.6 is 31.9 Å². The van der Waals surface area contributed by atoms with Crippen molar-refractivity contribution in [1.82, 2.24) is 10.7 Å². The number of hydrogen-bond donors (Lipinski definition) is 3. The van der Waals surface area contributed by atoms with Gasteiger partial charge in [-0.25, -0.2) is 5.43 Å². The molecule has 3 N–H and O–H groups in total. The minimum Gasteiger partial charge on any atom is -0.503 e. The molecule has 1 saturated heterocycles. The molecule has 2 atom stereocenters. The Balaban J connectivity index is 1.76. The SMILES string of the molecule is COc1cc(/C=N/NC(=O)[C@H]2C(=O)NC[C@@H]2c2ccccc2)c(Br)c(Br)c1O. The first-order valence-electron chi connectivity index (χ1n) is 8.34. The van der Waals surface area contributed by atoms with Crippen molar-refractivity contribution in [3.63, 3.8) is 0 Å². The number of hydrazone groups is 1. The van der Waals surface area contributed by atoms with Gasteiger partial charge in [0.2, 0.25) is 5.91 Å². The van der Waals surface area contributed by atoms with Gasteiger partial charge in [-0.1, -0.05) is 30.3 Å². The zero-order valence-corrected chi connectivity index (χ0v) is 18.0. The van der Waals surface area contributed by atoms with E-state index in [9.17, 15) is 14.7 Å². The van der Waals surface area contributed by atoms with E-state index in [0.717, 1.165) is 5.56 Å². The van der Waals surface area contributed by atoms with Gasteiger partial charge in [-0.05, 0) is 43.5 Å². The molecule has 146 valence electrons. The molecule has 0 spiro atoms. The third-order valence-electron chi connectivity index (χ3n) is 4.46. The number of nitrogens with one attached hydrogen (secondary N) is 2. The van der Waals surface area contributed by atoms with Crippen LogP contribution in [0, 0.1) is 5.92 Å². The number of phenolic OH excluding ortho intramolecular Hbond substituents is 1. The summed E-state index contributed by atoms with van der Waals surface area (Å²) in [4.78, 5) is 24.8. The third kappa shape index (κ3) is 4.05. The lowest BCUT2D eigenvalue weighted by atomic mass is 9.88. The fourth-order valence-electron chi connectivity index (χ4n) is 3.03. The number of carbonyl (C=O) groups excluding carboxylic acids is 2. The number of methoxy groups -OCH3 is 1. The minimum absolute atomic E-state index is 0.0520. The van der Waals surface area contributed by atoms with Crippen molar-refractivity contribution in [3.8, 4) is 11.5 Å². The van der Waals surface area contributed by atoms with Gasteiger partial charge in [0.05, 0.1) is 17.8 Å². The molecule has 28 heavy (non-hydrogen) atoms. The quantitative estimate of drug-likeness (QED) is 0.327. The standard InChI is InChI=1S/C19H17Br2N3O4/c1-28-13-7-11(15(20)16(21)17(13)25)8-23-24-19(27)14-12(9-22-18(14)26)10-5-3-2-4-6-10/h2-8,12,14,25H,9H2,1H3,(H,22,26)(H,24,27)/b23-8+/t12-,14-/m1/s1. The first kappa shape index (κ1) is 20.3. The molecule has 0 aromatic heterocycles. The second-order valence-electron chi connectivity index (χ2n) is 6.12. The topological polar surface area (TPSA) is 100 Å². The molecule has 2 aromatic carbocycles. The summed E-state index contributed by atoms with van der Waals surface area (Å²) in [5.41, 5.74) is 3.92. The van der Waals surface area contributed by atoms with E-state index in [2.05, 4.69) is 47.7 Å². The van der Waals surface area contributed by atoms with Gasteiger partial charge < -0.3 is 15.2 Å². The van der Waals surface area contributed by atoms with Crippen molar-refractivity contribution in [2.45, 2.75) is 5.92 Å². The second-order valence-corrected chi connectivity index (χ2v) is 7.70. The van der Waals surface area contributed by atoms with Gasteiger partial charge in [-0.15, -0.1) is 0 Å². The van der Waals surface area contributed by atoms with Crippen molar-refractivity contribution in [1.29, 1.82) is 0 Å². The van der Waals surface area contributed by atoms with E-state index in [-0.39, 0.29) is 23.3 Å². The Labute approximate surface area is 178 Å². The molecule has 2 aromatic rings. The average molecular weight is 511 g/mol. The molecular weight excluding hydrogens is 494 g/mol. The summed E-state index contributed by atoms with van der Waals surface area (Å²) >= 11 is 6.61. The molecule has 3 rings (SSSR count). The minimum atomic E-state index is -0.857. The number of benzene rings is 2. The Bertz CT molecular complexity index is 935. The Morgan fingerprint density at radius 2 is 2.04 bits per heavy atom. The first-order valence-corrected chi connectivity index (χ1v) is 9.93. The van der Waals surface area contributed by atoms with Crippen molar-refractivity contribution in [3.05, 3.63) is 56.5 Å². The zero-order chi connectivity index (χ0) is 20.3. The van der Waals surface area contributed by atoms with E-state index in [1.807, 2.05) is 30.3 Å².